The fourth-order valence-corrected chi connectivity index (χ4v) is 3.32. The Kier molecular flexibility index (Phi) is 11.8. The summed E-state index contributed by atoms with van der Waals surface area (Å²) in [5, 5.41) is 28.1. The molecule has 1 aromatic rings. The molecule has 0 radical (unpaired) electrons. The van der Waals surface area contributed by atoms with E-state index in [9.17, 15) is 15.0 Å². The Morgan fingerprint density at radius 3 is 2.50 bits per heavy atom. The van der Waals surface area contributed by atoms with Crippen molar-refractivity contribution in [3.63, 3.8) is 0 Å². The van der Waals surface area contributed by atoms with Gasteiger partial charge in [-0.1, -0.05) is 63.8 Å². The molecule has 0 aliphatic heterocycles. The van der Waals surface area contributed by atoms with E-state index in [-0.39, 0.29) is 17.6 Å². The van der Waals surface area contributed by atoms with Crippen LogP contribution in [0.5, 0.6) is 5.75 Å². The molecule has 0 aromatic heterocycles. The predicted molar refractivity (Wildman–Crippen MR) is 115 cm³/mol. The van der Waals surface area contributed by atoms with Gasteiger partial charge in [0.05, 0.1) is 6.10 Å². The molecule has 2 rings (SSSR count). The van der Waals surface area contributed by atoms with Crippen LogP contribution in [0.3, 0.4) is 0 Å². The Morgan fingerprint density at radius 1 is 1.21 bits per heavy atom. The number of hydrogen-bond donors (Lipinski definition) is 3. The largest absolute Gasteiger partial charge is 0.508 e. The highest BCUT2D eigenvalue weighted by atomic mass is 16.3. The van der Waals surface area contributed by atoms with Crippen LogP contribution in [0, 0.1) is 12.8 Å². The molecule has 158 valence electrons. The number of unbranched alkanes of at least 4 members (excludes halogenated alkanes) is 4. The molecule has 1 aromatic carbocycles. The van der Waals surface area contributed by atoms with Gasteiger partial charge in [0.2, 0.25) is 0 Å². The van der Waals surface area contributed by atoms with Crippen LogP contribution in [0.25, 0.3) is 0 Å². The highest BCUT2D eigenvalue weighted by Gasteiger charge is 2.20. The van der Waals surface area contributed by atoms with Crippen LogP contribution in [0.2, 0.25) is 0 Å². The summed E-state index contributed by atoms with van der Waals surface area (Å²) in [6.07, 6.45) is 11.4. The van der Waals surface area contributed by atoms with Gasteiger partial charge >= 0.3 is 0 Å². The maximum absolute atomic E-state index is 11.2. The number of hydrogen-bond acceptors (Lipinski definition) is 4. The maximum atomic E-state index is 11.2. The number of phenols is 1. The van der Waals surface area contributed by atoms with Crippen molar-refractivity contribution in [2.75, 3.05) is 6.61 Å². The number of benzene rings is 1. The van der Waals surface area contributed by atoms with Crippen molar-refractivity contribution in [1.82, 2.24) is 0 Å². The van der Waals surface area contributed by atoms with Crippen LogP contribution in [0.15, 0.2) is 30.4 Å². The van der Waals surface area contributed by atoms with Crippen molar-refractivity contribution >= 4 is 5.78 Å². The number of aliphatic hydroxyl groups excluding tert-OH is 2. The van der Waals surface area contributed by atoms with Gasteiger partial charge in [0.1, 0.15) is 11.5 Å². The molecule has 0 spiro atoms. The molecule has 1 aliphatic rings. The van der Waals surface area contributed by atoms with Crippen LogP contribution < -0.4 is 0 Å². The zero-order chi connectivity index (χ0) is 20.9. The van der Waals surface area contributed by atoms with Crippen molar-refractivity contribution in [3.8, 4) is 5.75 Å². The number of aromatic hydroxyl groups is 1. The Hall–Kier alpha value is -1.65. The number of Topliss-reactive ketones (excluding diaryl/α,β-unsaturated/α-hetero) is 1. The molecule has 28 heavy (non-hydrogen) atoms. The number of carbonyl (C=O) groups is 1. The molecule has 0 saturated heterocycles. The molecular weight excluding hydrogens is 352 g/mol. The second-order valence-electron chi connectivity index (χ2n) is 7.89. The first-order valence-electron chi connectivity index (χ1n) is 10.7. The first-order chi connectivity index (χ1) is 13.4. The van der Waals surface area contributed by atoms with Crippen molar-refractivity contribution in [3.05, 3.63) is 41.5 Å². The van der Waals surface area contributed by atoms with Crippen LogP contribution in [-0.2, 0) is 4.79 Å². The average Bonchev–Trinajstić information content (AvgIpc) is 3.11. The smallest absolute Gasteiger partial charge is 0.133 e. The molecule has 1 saturated carbocycles. The van der Waals surface area contributed by atoms with E-state index in [0.29, 0.717) is 25.2 Å². The first kappa shape index (κ1) is 24.4. The highest BCUT2D eigenvalue weighted by molar-refractivity contribution is 5.80. The van der Waals surface area contributed by atoms with E-state index in [1.807, 2.05) is 32.1 Å². The highest BCUT2D eigenvalue weighted by Crippen LogP contribution is 2.27. The summed E-state index contributed by atoms with van der Waals surface area (Å²) in [6.45, 7) is 6.36. The molecule has 1 aliphatic carbocycles. The summed E-state index contributed by atoms with van der Waals surface area (Å²) in [5.74, 6) is 0.834. The summed E-state index contributed by atoms with van der Waals surface area (Å²) in [6, 6.07) is 5.40. The number of phenolic OH excluding ortho intramolecular Hbond substituents is 1. The van der Waals surface area contributed by atoms with E-state index in [2.05, 4.69) is 6.92 Å². The number of allylic oxidation sites excluding steroid dienone is 1. The van der Waals surface area contributed by atoms with Gasteiger partial charge in [-0.05, 0) is 42.9 Å². The molecule has 1 fully saturated rings. The normalized spacial score (nSPS) is 18.8. The van der Waals surface area contributed by atoms with Gasteiger partial charge in [0, 0.05) is 25.4 Å². The summed E-state index contributed by atoms with van der Waals surface area (Å²) in [7, 11) is 0. The number of aryl methyl sites for hydroxylation is 1. The molecule has 3 N–H and O–H groups in total. The Labute approximate surface area is 170 Å². The summed E-state index contributed by atoms with van der Waals surface area (Å²) >= 11 is 0. The van der Waals surface area contributed by atoms with Gasteiger partial charge in [-0.15, -0.1) is 0 Å². The fraction of sp³-hybridized carbons (Fsp3) is 0.625. The van der Waals surface area contributed by atoms with E-state index in [4.69, 9.17) is 5.11 Å². The van der Waals surface area contributed by atoms with Crippen molar-refractivity contribution in [2.45, 2.75) is 84.2 Å². The summed E-state index contributed by atoms with van der Waals surface area (Å²) in [4.78, 5) is 11.2. The number of ketones is 1. The zero-order valence-corrected chi connectivity index (χ0v) is 17.7. The van der Waals surface area contributed by atoms with Crippen molar-refractivity contribution in [2.24, 2.45) is 5.92 Å². The molecule has 2 unspecified atom stereocenters. The Balaban J connectivity index is 0.000000416. The first-order valence-corrected chi connectivity index (χ1v) is 10.7. The monoisotopic (exact) mass is 390 g/mol. The lowest BCUT2D eigenvalue weighted by atomic mass is 9.92. The minimum atomic E-state index is -0.574. The number of rotatable bonds is 9. The molecule has 3 atom stereocenters. The molecule has 0 heterocycles. The average molecular weight is 391 g/mol. The molecule has 4 nitrogen and oxygen atoms in total. The lowest BCUT2D eigenvalue weighted by molar-refractivity contribution is -0.117. The third-order valence-corrected chi connectivity index (χ3v) is 5.38. The molecule has 0 bridgehead atoms. The number of carbonyl (C=O) groups excluding carboxylic acids is 1. The van der Waals surface area contributed by atoms with E-state index in [1.165, 1.54) is 25.7 Å². The maximum Gasteiger partial charge on any atom is 0.133 e. The van der Waals surface area contributed by atoms with Gasteiger partial charge in [-0.25, -0.2) is 0 Å². The SMILES string of the molecule is CCCCCCCO.Cc1cc(C(C)C(O)/C=C/[C@H]2CCC(=O)C2)ccc1O. The van der Waals surface area contributed by atoms with E-state index in [1.54, 1.807) is 12.1 Å². The molecular formula is C24H38O4. The van der Waals surface area contributed by atoms with E-state index in [0.717, 1.165) is 24.0 Å². The topological polar surface area (TPSA) is 77.8 Å². The minimum absolute atomic E-state index is 0.0392. The Bertz CT molecular complexity index is 603. The van der Waals surface area contributed by atoms with Gasteiger partial charge < -0.3 is 15.3 Å². The third-order valence-electron chi connectivity index (χ3n) is 5.38. The predicted octanol–water partition coefficient (Wildman–Crippen LogP) is 5.04. The summed E-state index contributed by atoms with van der Waals surface area (Å²) < 4.78 is 0. The van der Waals surface area contributed by atoms with Gasteiger partial charge in [0.15, 0.2) is 0 Å². The lowest BCUT2D eigenvalue weighted by Gasteiger charge is -2.17. The zero-order valence-electron chi connectivity index (χ0n) is 17.7. The van der Waals surface area contributed by atoms with Crippen LogP contribution in [0.1, 0.15) is 82.3 Å². The third kappa shape index (κ3) is 9.03. The number of aliphatic hydroxyl groups is 2. The van der Waals surface area contributed by atoms with E-state index < -0.39 is 6.10 Å². The molecule has 0 amide bonds. The fourth-order valence-electron chi connectivity index (χ4n) is 3.32. The second-order valence-corrected chi connectivity index (χ2v) is 7.89. The van der Waals surface area contributed by atoms with Gasteiger partial charge in [0.25, 0.3) is 0 Å². The van der Waals surface area contributed by atoms with Gasteiger partial charge in [-0.2, -0.15) is 0 Å². The summed E-state index contributed by atoms with van der Waals surface area (Å²) in [5.41, 5.74) is 1.81. The van der Waals surface area contributed by atoms with Crippen LogP contribution in [-0.4, -0.2) is 33.8 Å². The quantitative estimate of drug-likeness (QED) is 0.408. The molecule has 4 heteroatoms. The van der Waals surface area contributed by atoms with Crippen LogP contribution >= 0.6 is 0 Å². The second kappa shape index (κ2) is 13.5. The van der Waals surface area contributed by atoms with E-state index >= 15 is 0 Å². The standard InChI is InChI=1S/C17H22O3.C7H16O/c1-11-9-14(5-8-16(11)19)12(2)17(20)7-4-13-3-6-15(18)10-13;1-2-3-4-5-6-7-8/h4-5,7-9,12-13,17,19-20H,3,6,10H2,1-2H3;8H,2-7H2,1H3/b7-4+;/t12?,13-,17?;/m1./s1. The van der Waals surface area contributed by atoms with Crippen molar-refractivity contribution in [1.29, 1.82) is 0 Å². The minimum Gasteiger partial charge on any atom is -0.508 e. The Morgan fingerprint density at radius 2 is 1.93 bits per heavy atom. The van der Waals surface area contributed by atoms with Gasteiger partial charge in [-0.3, -0.25) is 4.79 Å². The van der Waals surface area contributed by atoms with Crippen molar-refractivity contribution < 1.29 is 20.1 Å². The van der Waals surface area contributed by atoms with Crippen LogP contribution in [0.4, 0.5) is 0 Å². The lowest BCUT2D eigenvalue weighted by Crippen LogP contribution is -2.13.